The van der Waals surface area contributed by atoms with Crippen LogP contribution >= 0.6 is 0 Å². The topological polar surface area (TPSA) is 72.3 Å². The van der Waals surface area contributed by atoms with Crippen molar-refractivity contribution in [1.29, 1.82) is 0 Å². The molecule has 1 fully saturated rings. The largest absolute Gasteiger partial charge is 0.496 e. The molecule has 1 aromatic carbocycles. The second-order valence-electron chi connectivity index (χ2n) is 10.2. The van der Waals surface area contributed by atoms with Gasteiger partial charge in [0.2, 0.25) is 0 Å². The zero-order chi connectivity index (χ0) is 23.3. The molecule has 7 heteroatoms. The van der Waals surface area contributed by atoms with Crippen molar-refractivity contribution in [3.8, 4) is 17.0 Å². The predicted octanol–water partition coefficient (Wildman–Crippen LogP) is 3.75. The van der Waals surface area contributed by atoms with E-state index in [-0.39, 0.29) is 16.5 Å². The SMILES string of the molecule is COc1cc2c(=O)ccn(C)c2cc1-c1ccc(N(C)C2CC(C)(C)NC(C)(C)C2)nn1. The highest BCUT2D eigenvalue weighted by molar-refractivity contribution is 5.87. The fourth-order valence-corrected chi connectivity index (χ4v) is 5.16. The van der Waals surface area contributed by atoms with E-state index >= 15 is 0 Å². The molecule has 0 atom stereocenters. The first-order chi connectivity index (χ1) is 15.0. The summed E-state index contributed by atoms with van der Waals surface area (Å²) in [6.45, 7) is 9.01. The molecule has 0 radical (unpaired) electrons. The molecule has 1 aliphatic heterocycles. The van der Waals surface area contributed by atoms with Crippen molar-refractivity contribution in [1.82, 2.24) is 20.1 Å². The minimum atomic E-state index is -0.0289. The molecule has 1 aliphatic rings. The summed E-state index contributed by atoms with van der Waals surface area (Å²) in [5, 5.41) is 13.4. The molecule has 1 saturated heterocycles. The number of anilines is 1. The monoisotopic (exact) mass is 435 g/mol. The van der Waals surface area contributed by atoms with Gasteiger partial charge in [-0.05, 0) is 64.8 Å². The lowest BCUT2D eigenvalue weighted by atomic mass is 9.79. The molecule has 32 heavy (non-hydrogen) atoms. The Morgan fingerprint density at radius 2 is 1.78 bits per heavy atom. The molecule has 0 bridgehead atoms. The van der Waals surface area contributed by atoms with E-state index in [0.717, 1.165) is 29.7 Å². The quantitative estimate of drug-likeness (QED) is 0.673. The number of benzene rings is 1. The summed E-state index contributed by atoms with van der Waals surface area (Å²) < 4.78 is 7.51. The number of ether oxygens (including phenoxy) is 1. The smallest absolute Gasteiger partial charge is 0.189 e. The van der Waals surface area contributed by atoms with Crippen LogP contribution in [-0.2, 0) is 7.05 Å². The first kappa shape index (κ1) is 22.3. The number of aromatic nitrogens is 3. The number of nitrogens with zero attached hydrogens (tertiary/aromatic N) is 4. The van der Waals surface area contributed by atoms with Crippen LogP contribution in [0.15, 0.2) is 41.3 Å². The highest BCUT2D eigenvalue weighted by Gasteiger charge is 2.39. The summed E-state index contributed by atoms with van der Waals surface area (Å²) in [7, 11) is 5.62. The van der Waals surface area contributed by atoms with Gasteiger partial charge in [-0.25, -0.2) is 0 Å². The number of piperidine rings is 1. The van der Waals surface area contributed by atoms with Gasteiger partial charge in [-0.15, -0.1) is 10.2 Å². The van der Waals surface area contributed by atoms with Crippen molar-refractivity contribution in [2.24, 2.45) is 7.05 Å². The van der Waals surface area contributed by atoms with Crippen LogP contribution in [0.5, 0.6) is 5.75 Å². The summed E-state index contributed by atoms with van der Waals surface area (Å²) in [6.07, 6.45) is 3.83. The Balaban J connectivity index is 1.68. The molecule has 0 unspecified atom stereocenters. The van der Waals surface area contributed by atoms with Gasteiger partial charge in [-0.2, -0.15) is 0 Å². The maximum absolute atomic E-state index is 12.3. The number of rotatable bonds is 4. The van der Waals surface area contributed by atoms with Gasteiger partial charge >= 0.3 is 0 Å². The van der Waals surface area contributed by atoms with E-state index in [0.29, 0.717) is 22.9 Å². The van der Waals surface area contributed by atoms with Gasteiger partial charge in [0.15, 0.2) is 11.2 Å². The van der Waals surface area contributed by atoms with Gasteiger partial charge in [0, 0.05) is 54.4 Å². The highest BCUT2D eigenvalue weighted by Crippen LogP contribution is 2.34. The second-order valence-corrected chi connectivity index (χ2v) is 10.2. The van der Waals surface area contributed by atoms with E-state index in [1.807, 2.05) is 29.8 Å². The average Bonchev–Trinajstić information content (AvgIpc) is 2.73. The van der Waals surface area contributed by atoms with Crippen LogP contribution in [0.4, 0.5) is 5.82 Å². The lowest BCUT2D eigenvalue weighted by molar-refractivity contribution is 0.160. The summed E-state index contributed by atoms with van der Waals surface area (Å²) in [5.74, 6) is 1.46. The molecule has 0 aliphatic carbocycles. The van der Waals surface area contributed by atoms with E-state index < -0.39 is 0 Å². The molecule has 0 spiro atoms. The predicted molar refractivity (Wildman–Crippen MR) is 129 cm³/mol. The van der Waals surface area contributed by atoms with E-state index in [4.69, 9.17) is 4.74 Å². The Kier molecular flexibility index (Phi) is 5.49. The van der Waals surface area contributed by atoms with Gasteiger partial charge < -0.3 is 19.5 Å². The maximum Gasteiger partial charge on any atom is 0.189 e. The summed E-state index contributed by atoms with van der Waals surface area (Å²) in [6, 6.07) is 9.65. The third-order valence-corrected chi connectivity index (χ3v) is 6.42. The zero-order valence-electron chi connectivity index (χ0n) is 20.1. The third-order valence-electron chi connectivity index (χ3n) is 6.42. The van der Waals surface area contributed by atoms with Crippen LogP contribution in [0, 0.1) is 0 Å². The number of pyridine rings is 1. The number of fused-ring (bicyclic) bond motifs is 1. The molecule has 0 amide bonds. The van der Waals surface area contributed by atoms with Crippen LogP contribution in [0.2, 0.25) is 0 Å². The minimum Gasteiger partial charge on any atom is -0.496 e. The summed E-state index contributed by atoms with van der Waals surface area (Å²) in [5.41, 5.74) is 2.44. The molecular formula is C25H33N5O2. The number of nitrogens with one attached hydrogen (secondary N) is 1. The van der Waals surface area contributed by atoms with Crippen molar-refractivity contribution in [2.75, 3.05) is 19.1 Å². The van der Waals surface area contributed by atoms with Crippen LogP contribution in [0.3, 0.4) is 0 Å². The molecule has 7 nitrogen and oxygen atoms in total. The van der Waals surface area contributed by atoms with Gasteiger partial charge in [0.05, 0.1) is 18.3 Å². The Hall–Kier alpha value is -2.93. The number of methoxy groups -OCH3 is 1. The zero-order valence-corrected chi connectivity index (χ0v) is 20.1. The minimum absolute atomic E-state index is 0.0289. The van der Waals surface area contributed by atoms with Crippen LogP contribution < -0.4 is 20.4 Å². The van der Waals surface area contributed by atoms with Gasteiger partial charge in [-0.1, -0.05) is 0 Å². The molecule has 2 aromatic heterocycles. The molecule has 3 aromatic rings. The van der Waals surface area contributed by atoms with Gasteiger partial charge in [0.1, 0.15) is 5.75 Å². The first-order valence-corrected chi connectivity index (χ1v) is 11.0. The fraction of sp³-hybridized carbons (Fsp3) is 0.480. The lowest BCUT2D eigenvalue weighted by Gasteiger charge is -2.49. The Morgan fingerprint density at radius 3 is 2.38 bits per heavy atom. The van der Waals surface area contributed by atoms with E-state index in [9.17, 15) is 4.79 Å². The summed E-state index contributed by atoms with van der Waals surface area (Å²) in [4.78, 5) is 14.5. The average molecular weight is 436 g/mol. The number of hydrogen-bond acceptors (Lipinski definition) is 6. The third kappa shape index (κ3) is 4.21. The van der Waals surface area contributed by atoms with Crippen molar-refractivity contribution < 1.29 is 4.74 Å². The standard InChI is InChI=1S/C25H33N5O2/c1-24(2)14-16(15-25(3,4)28-24)30(6)23-9-8-19(26-27-23)17-12-20-18(13-22(17)32-7)21(31)10-11-29(20)5/h8-13,16,28H,14-15H2,1-7H3. The maximum atomic E-state index is 12.3. The van der Waals surface area contributed by atoms with Crippen LogP contribution in [-0.4, -0.2) is 46.0 Å². The molecule has 0 saturated carbocycles. The molecular weight excluding hydrogens is 402 g/mol. The number of aryl methyl sites for hydroxylation is 1. The van der Waals surface area contributed by atoms with Crippen LogP contribution in [0.1, 0.15) is 40.5 Å². The second kappa shape index (κ2) is 7.89. The highest BCUT2D eigenvalue weighted by atomic mass is 16.5. The van der Waals surface area contributed by atoms with Crippen molar-refractivity contribution in [2.45, 2.75) is 57.7 Å². The Morgan fingerprint density at radius 1 is 1.09 bits per heavy atom. The van der Waals surface area contributed by atoms with Gasteiger partial charge in [0.25, 0.3) is 0 Å². The van der Waals surface area contributed by atoms with E-state index in [1.165, 1.54) is 0 Å². The normalized spacial score (nSPS) is 18.0. The fourth-order valence-electron chi connectivity index (χ4n) is 5.16. The van der Waals surface area contributed by atoms with Crippen molar-refractivity contribution in [3.05, 3.63) is 46.8 Å². The lowest BCUT2D eigenvalue weighted by Crippen LogP contribution is -2.62. The molecule has 170 valence electrons. The number of hydrogen-bond donors (Lipinski definition) is 1. The Bertz CT molecular complexity index is 1180. The summed E-state index contributed by atoms with van der Waals surface area (Å²) >= 11 is 0. The first-order valence-electron chi connectivity index (χ1n) is 11.0. The molecule has 3 heterocycles. The van der Waals surface area contributed by atoms with Crippen molar-refractivity contribution in [3.63, 3.8) is 0 Å². The van der Waals surface area contributed by atoms with Gasteiger partial charge in [-0.3, -0.25) is 4.79 Å². The Labute approximate surface area is 189 Å². The molecule has 4 rings (SSSR count). The molecule has 1 N–H and O–H groups in total. The van der Waals surface area contributed by atoms with E-state index in [2.05, 4.69) is 55.2 Å². The van der Waals surface area contributed by atoms with Crippen molar-refractivity contribution >= 4 is 16.7 Å². The van der Waals surface area contributed by atoms with Crippen LogP contribution in [0.25, 0.3) is 22.2 Å². The van der Waals surface area contributed by atoms with E-state index in [1.54, 1.807) is 25.4 Å².